The molecule has 0 radical (unpaired) electrons. The standard InChI is InChI=1S/C25H32N6/c1-25(2,3)29-22-26-23(30-18-12-4-5-13-19-30)28-24(27-22)31(20-14-8-6-9-15-20)21-16-10-7-11-17-21/h6-11,14-17H,4-5,12-13,18-19H2,1-3H3,(H,26,27,28,29). The van der Waals surface area contributed by atoms with E-state index in [-0.39, 0.29) is 5.54 Å². The summed E-state index contributed by atoms with van der Waals surface area (Å²) in [7, 11) is 0. The van der Waals surface area contributed by atoms with Gasteiger partial charge in [-0.25, -0.2) is 0 Å². The Hall–Kier alpha value is -3.15. The summed E-state index contributed by atoms with van der Waals surface area (Å²) in [6.45, 7) is 8.32. The second-order valence-corrected chi connectivity index (χ2v) is 9.04. The SMILES string of the molecule is CC(C)(C)Nc1nc(N2CCCCCC2)nc(N(c2ccccc2)c2ccccc2)n1. The zero-order valence-electron chi connectivity index (χ0n) is 18.8. The van der Waals surface area contributed by atoms with Gasteiger partial charge >= 0.3 is 0 Å². The number of hydrogen-bond donors (Lipinski definition) is 1. The molecular weight excluding hydrogens is 384 g/mol. The minimum atomic E-state index is -0.154. The molecule has 1 fully saturated rings. The lowest BCUT2D eigenvalue weighted by molar-refractivity contribution is 0.624. The fourth-order valence-corrected chi connectivity index (χ4v) is 3.79. The van der Waals surface area contributed by atoms with E-state index in [1.54, 1.807) is 0 Å². The van der Waals surface area contributed by atoms with E-state index in [1.807, 2.05) is 36.4 Å². The molecule has 6 heteroatoms. The number of nitrogens with one attached hydrogen (secondary N) is 1. The van der Waals surface area contributed by atoms with E-state index in [0.717, 1.165) is 30.4 Å². The third-order valence-electron chi connectivity index (χ3n) is 5.22. The third kappa shape index (κ3) is 5.51. The summed E-state index contributed by atoms with van der Waals surface area (Å²) in [5.74, 6) is 1.97. The fraction of sp³-hybridized carbons (Fsp3) is 0.400. The first-order chi connectivity index (χ1) is 15.0. The normalized spacial score (nSPS) is 14.7. The molecule has 0 bridgehead atoms. The van der Waals surface area contributed by atoms with Gasteiger partial charge in [0.1, 0.15) is 0 Å². The van der Waals surface area contributed by atoms with Crippen LogP contribution in [-0.2, 0) is 0 Å². The van der Waals surface area contributed by atoms with Crippen molar-refractivity contribution in [2.45, 2.75) is 52.0 Å². The highest BCUT2D eigenvalue weighted by Crippen LogP contribution is 2.33. The summed E-state index contributed by atoms with van der Waals surface area (Å²) in [6.07, 6.45) is 4.87. The summed E-state index contributed by atoms with van der Waals surface area (Å²) in [5, 5.41) is 3.46. The van der Waals surface area contributed by atoms with Crippen LogP contribution in [0.3, 0.4) is 0 Å². The maximum atomic E-state index is 4.97. The Morgan fingerprint density at radius 2 is 1.29 bits per heavy atom. The van der Waals surface area contributed by atoms with Crippen molar-refractivity contribution in [1.82, 2.24) is 15.0 Å². The largest absolute Gasteiger partial charge is 0.349 e. The second kappa shape index (κ2) is 9.33. The first-order valence-corrected chi connectivity index (χ1v) is 11.2. The maximum absolute atomic E-state index is 4.97. The second-order valence-electron chi connectivity index (χ2n) is 9.04. The van der Waals surface area contributed by atoms with Crippen LogP contribution in [0.4, 0.5) is 29.2 Å². The number of aromatic nitrogens is 3. The molecule has 2 aromatic carbocycles. The number of anilines is 5. The molecule has 6 nitrogen and oxygen atoms in total. The quantitative estimate of drug-likeness (QED) is 0.556. The number of rotatable bonds is 5. The van der Waals surface area contributed by atoms with Crippen LogP contribution in [0.25, 0.3) is 0 Å². The zero-order valence-corrected chi connectivity index (χ0v) is 18.8. The van der Waals surface area contributed by atoms with Gasteiger partial charge in [0, 0.05) is 30.0 Å². The van der Waals surface area contributed by atoms with Gasteiger partial charge in [-0.1, -0.05) is 49.2 Å². The molecule has 0 saturated carbocycles. The van der Waals surface area contributed by atoms with E-state index in [4.69, 9.17) is 15.0 Å². The molecule has 162 valence electrons. The topological polar surface area (TPSA) is 57.2 Å². The molecule has 0 amide bonds. The van der Waals surface area contributed by atoms with Crippen molar-refractivity contribution in [1.29, 1.82) is 0 Å². The van der Waals surface area contributed by atoms with E-state index < -0.39 is 0 Å². The van der Waals surface area contributed by atoms with Crippen LogP contribution < -0.4 is 15.1 Å². The van der Waals surface area contributed by atoms with Gasteiger partial charge in [-0.05, 0) is 57.9 Å². The molecule has 2 heterocycles. The highest BCUT2D eigenvalue weighted by atomic mass is 15.4. The Labute approximate surface area is 185 Å². The smallest absolute Gasteiger partial charge is 0.241 e. The lowest BCUT2D eigenvalue weighted by Crippen LogP contribution is -2.31. The van der Waals surface area contributed by atoms with Gasteiger partial charge in [-0.15, -0.1) is 0 Å². The Kier molecular flexibility index (Phi) is 6.35. The molecule has 0 atom stereocenters. The minimum absolute atomic E-state index is 0.154. The molecule has 1 saturated heterocycles. The van der Waals surface area contributed by atoms with Crippen molar-refractivity contribution in [3.8, 4) is 0 Å². The highest BCUT2D eigenvalue weighted by Gasteiger charge is 2.22. The summed E-state index contributed by atoms with van der Waals surface area (Å²) >= 11 is 0. The Morgan fingerprint density at radius 1 is 0.742 bits per heavy atom. The first kappa shape index (κ1) is 21.1. The monoisotopic (exact) mass is 416 g/mol. The lowest BCUT2D eigenvalue weighted by Gasteiger charge is -2.27. The van der Waals surface area contributed by atoms with E-state index in [2.05, 4.69) is 60.2 Å². The molecule has 0 spiro atoms. The molecule has 1 aliphatic rings. The lowest BCUT2D eigenvalue weighted by atomic mass is 10.1. The Balaban J connectivity index is 1.83. The van der Waals surface area contributed by atoms with Gasteiger partial charge in [0.15, 0.2) is 0 Å². The van der Waals surface area contributed by atoms with Crippen LogP contribution in [0.2, 0.25) is 0 Å². The first-order valence-electron chi connectivity index (χ1n) is 11.2. The van der Waals surface area contributed by atoms with Crippen LogP contribution in [-0.4, -0.2) is 33.6 Å². The van der Waals surface area contributed by atoms with Crippen molar-refractivity contribution < 1.29 is 0 Å². The predicted molar refractivity (Wildman–Crippen MR) is 129 cm³/mol. The van der Waals surface area contributed by atoms with Crippen LogP contribution in [0.5, 0.6) is 0 Å². The van der Waals surface area contributed by atoms with Crippen LogP contribution >= 0.6 is 0 Å². The Morgan fingerprint density at radius 3 is 1.81 bits per heavy atom. The van der Waals surface area contributed by atoms with Crippen molar-refractivity contribution in [3.63, 3.8) is 0 Å². The minimum Gasteiger partial charge on any atom is -0.349 e. The summed E-state index contributed by atoms with van der Waals surface area (Å²) < 4.78 is 0. The van der Waals surface area contributed by atoms with Gasteiger partial charge in [-0.2, -0.15) is 15.0 Å². The molecule has 3 aromatic rings. The molecule has 4 rings (SSSR count). The van der Waals surface area contributed by atoms with E-state index in [9.17, 15) is 0 Å². The van der Waals surface area contributed by atoms with E-state index >= 15 is 0 Å². The molecule has 0 unspecified atom stereocenters. The van der Waals surface area contributed by atoms with Crippen LogP contribution in [0.1, 0.15) is 46.5 Å². The van der Waals surface area contributed by atoms with Crippen molar-refractivity contribution in [2.75, 3.05) is 28.2 Å². The molecule has 1 N–H and O–H groups in total. The summed E-state index contributed by atoms with van der Waals surface area (Å²) in [6, 6.07) is 20.5. The number of hydrogen-bond acceptors (Lipinski definition) is 6. The summed E-state index contributed by atoms with van der Waals surface area (Å²) in [5.41, 5.74) is 1.88. The van der Waals surface area contributed by atoms with Crippen LogP contribution in [0.15, 0.2) is 60.7 Å². The Bertz CT molecular complexity index is 921. The van der Waals surface area contributed by atoms with Gasteiger partial charge in [0.2, 0.25) is 17.8 Å². The van der Waals surface area contributed by atoms with Crippen molar-refractivity contribution in [2.24, 2.45) is 0 Å². The van der Waals surface area contributed by atoms with Crippen molar-refractivity contribution >= 4 is 29.2 Å². The van der Waals surface area contributed by atoms with Gasteiger partial charge in [0.05, 0.1) is 0 Å². The van der Waals surface area contributed by atoms with Crippen LogP contribution in [0, 0.1) is 0 Å². The molecule has 31 heavy (non-hydrogen) atoms. The number of benzene rings is 2. The summed E-state index contributed by atoms with van der Waals surface area (Å²) in [4.78, 5) is 19.0. The van der Waals surface area contributed by atoms with Gasteiger partial charge in [0.25, 0.3) is 0 Å². The zero-order chi connectivity index (χ0) is 21.7. The average molecular weight is 417 g/mol. The molecule has 1 aliphatic heterocycles. The maximum Gasteiger partial charge on any atom is 0.241 e. The molecular formula is C25H32N6. The highest BCUT2D eigenvalue weighted by molar-refractivity contribution is 5.73. The third-order valence-corrected chi connectivity index (χ3v) is 5.22. The average Bonchev–Trinajstić information content (AvgIpc) is 3.04. The van der Waals surface area contributed by atoms with E-state index in [1.165, 1.54) is 25.7 Å². The van der Waals surface area contributed by atoms with Gasteiger partial charge in [-0.3, -0.25) is 4.90 Å². The molecule has 1 aromatic heterocycles. The predicted octanol–water partition coefficient (Wildman–Crippen LogP) is 5.93. The number of nitrogens with zero attached hydrogens (tertiary/aromatic N) is 5. The van der Waals surface area contributed by atoms with Gasteiger partial charge < -0.3 is 10.2 Å². The molecule has 0 aliphatic carbocycles. The fourth-order valence-electron chi connectivity index (χ4n) is 3.79. The number of para-hydroxylation sites is 2. The van der Waals surface area contributed by atoms with Crippen molar-refractivity contribution in [3.05, 3.63) is 60.7 Å². The van der Waals surface area contributed by atoms with E-state index in [0.29, 0.717) is 11.9 Å².